The molecule has 98 valence electrons. The lowest BCUT2D eigenvalue weighted by molar-refractivity contribution is -0.143. The Morgan fingerprint density at radius 2 is 2.33 bits per heavy atom. The lowest BCUT2D eigenvalue weighted by atomic mass is 9.98. The quantitative estimate of drug-likeness (QED) is 0.919. The number of piperidine rings is 1. The first-order valence-electron chi connectivity index (χ1n) is 5.95. The fourth-order valence-corrected chi connectivity index (χ4v) is 2.50. The van der Waals surface area contributed by atoms with Crippen molar-refractivity contribution in [3.63, 3.8) is 0 Å². The smallest absolute Gasteiger partial charge is 0.307 e. The van der Waals surface area contributed by atoms with E-state index in [4.69, 9.17) is 16.7 Å². The minimum absolute atomic E-state index is 0.295. The van der Waals surface area contributed by atoms with Crippen LogP contribution in [0.3, 0.4) is 0 Å². The van der Waals surface area contributed by atoms with E-state index in [1.165, 1.54) is 12.1 Å². The lowest BCUT2D eigenvalue weighted by Gasteiger charge is -2.30. The van der Waals surface area contributed by atoms with Crippen molar-refractivity contribution in [2.75, 3.05) is 13.1 Å². The molecule has 0 spiro atoms. The van der Waals surface area contributed by atoms with E-state index < -0.39 is 5.97 Å². The molecule has 1 fully saturated rings. The molecular weight excluding hydrogens is 257 g/mol. The second-order valence-electron chi connectivity index (χ2n) is 4.65. The molecule has 0 aromatic heterocycles. The normalized spacial score (nSPS) is 20.9. The summed E-state index contributed by atoms with van der Waals surface area (Å²) in [5.41, 5.74) is 0.522. The van der Waals surface area contributed by atoms with Crippen LogP contribution in [-0.4, -0.2) is 29.1 Å². The van der Waals surface area contributed by atoms with Crippen LogP contribution in [0.15, 0.2) is 18.2 Å². The number of hydrogen-bond acceptors (Lipinski definition) is 2. The van der Waals surface area contributed by atoms with Gasteiger partial charge in [-0.1, -0.05) is 11.6 Å². The van der Waals surface area contributed by atoms with Crippen molar-refractivity contribution in [2.24, 2.45) is 5.92 Å². The van der Waals surface area contributed by atoms with E-state index >= 15 is 0 Å². The Labute approximate surface area is 110 Å². The Morgan fingerprint density at radius 1 is 1.56 bits per heavy atom. The maximum absolute atomic E-state index is 13.6. The predicted octanol–water partition coefficient (Wildman–Crippen LogP) is 2.78. The van der Waals surface area contributed by atoms with Crippen LogP contribution in [0.1, 0.15) is 18.4 Å². The molecule has 1 atom stereocenters. The first-order chi connectivity index (χ1) is 8.56. The van der Waals surface area contributed by atoms with Crippen molar-refractivity contribution in [1.29, 1.82) is 0 Å². The van der Waals surface area contributed by atoms with Crippen LogP contribution < -0.4 is 0 Å². The molecule has 18 heavy (non-hydrogen) atoms. The Kier molecular flexibility index (Phi) is 4.19. The van der Waals surface area contributed by atoms with E-state index in [0.29, 0.717) is 30.1 Å². The summed E-state index contributed by atoms with van der Waals surface area (Å²) in [5.74, 6) is -1.41. The molecule has 3 nitrogen and oxygen atoms in total. The SMILES string of the molecule is O=C(O)C1CCCN(Cc2cc(Cl)ccc2F)C1. The van der Waals surface area contributed by atoms with Crippen molar-refractivity contribution in [3.05, 3.63) is 34.6 Å². The van der Waals surface area contributed by atoms with Gasteiger partial charge in [-0.2, -0.15) is 0 Å². The number of carbonyl (C=O) groups is 1. The number of carboxylic acid groups (broad SMARTS) is 1. The van der Waals surface area contributed by atoms with E-state index in [-0.39, 0.29) is 11.7 Å². The van der Waals surface area contributed by atoms with Gasteiger partial charge < -0.3 is 5.11 Å². The zero-order valence-electron chi connectivity index (χ0n) is 9.90. The summed E-state index contributed by atoms with van der Waals surface area (Å²) in [7, 11) is 0. The molecule has 1 saturated heterocycles. The summed E-state index contributed by atoms with van der Waals surface area (Å²) in [6.07, 6.45) is 1.53. The predicted molar refractivity (Wildman–Crippen MR) is 67.0 cm³/mol. The number of benzene rings is 1. The summed E-state index contributed by atoms with van der Waals surface area (Å²) in [5, 5.41) is 9.50. The second kappa shape index (κ2) is 5.67. The molecule has 0 radical (unpaired) electrons. The van der Waals surface area contributed by atoms with Gasteiger partial charge in [0.15, 0.2) is 0 Å². The average molecular weight is 272 g/mol. The molecule has 0 amide bonds. The number of aliphatic carboxylic acids is 1. The van der Waals surface area contributed by atoms with Gasteiger partial charge in [0.25, 0.3) is 0 Å². The van der Waals surface area contributed by atoms with Gasteiger partial charge in [-0.15, -0.1) is 0 Å². The maximum atomic E-state index is 13.6. The Morgan fingerprint density at radius 3 is 3.06 bits per heavy atom. The third kappa shape index (κ3) is 3.21. The number of rotatable bonds is 3. The average Bonchev–Trinajstić information content (AvgIpc) is 2.34. The molecule has 2 rings (SSSR count). The maximum Gasteiger partial charge on any atom is 0.307 e. The summed E-state index contributed by atoms with van der Waals surface area (Å²) in [6, 6.07) is 4.45. The third-order valence-electron chi connectivity index (χ3n) is 3.26. The molecule has 1 aliphatic rings. The highest BCUT2D eigenvalue weighted by Crippen LogP contribution is 2.21. The van der Waals surface area contributed by atoms with Crippen molar-refractivity contribution >= 4 is 17.6 Å². The molecule has 1 aromatic carbocycles. The van der Waals surface area contributed by atoms with Gasteiger partial charge in [0.05, 0.1) is 5.92 Å². The molecule has 0 bridgehead atoms. The largest absolute Gasteiger partial charge is 0.481 e. The van der Waals surface area contributed by atoms with Crippen LogP contribution in [-0.2, 0) is 11.3 Å². The van der Waals surface area contributed by atoms with Gasteiger partial charge in [0.2, 0.25) is 0 Å². The lowest BCUT2D eigenvalue weighted by Crippen LogP contribution is -2.38. The van der Waals surface area contributed by atoms with Gasteiger partial charge in [0.1, 0.15) is 5.82 Å². The fourth-order valence-electron chi connectivity index (χ4n) is 2.31. The Balaban J connectivity index is 2.04. The molecule has 5 heteroatoms. The zero-order chi connectivity index (χ0) is 13.1. The minimum Gasteiger partial charge on any atom is -0.481 e. The molecular formula is C13H15ClFNO2. The van der Waals surface area contributed by atoms with Gasteiger partial charge >= 0.3 is 5.97 Å². The summed E-state index contributed by atoms with van der Waals surface area (Å²) >= 11 is 5.83. The molecule has 0 aliphatic carbocycles. The fraction of sp³-hybridized carbons (Fsp3) is 0.462. The number of hydrogen-bond donors (Lipinski definition) is 1. The number of nitrogens with zero attached hydrogens (tertiary/aromatic N) is 1. The van der Waals surface area contributed by atoms with Crippen molar-refractivity contribution in [1.82, 2.24) is 4.90 Å². The Hall–Kier alpha value is -1.13. The highest BCUT2D eigenvalue weighted by Gasteiger charge is 2.25. The minimum atomic E-state index is -0.772. The second-order valence-corrected chi connectivity index (χ2v) is 5.08. The highest BCUT2D eigenvalue weighted by molar-refractivity contribution is 6.30. The first kappa shape index (κ1) is 13.3. The van der Waals surface area contributed by atoms with E-state index in [0.717, 1.165) is 13.0 Å². The topological polar surface area (TPSA) is 40.5 Å². The van der Waals surface area contributed by atoms with Gasteiger partial charge in [-0.25, -0.2) is 4.39 Å². The van der Waals surface area contributed by atoms with Crippen molar-refractivity contribution in [3.8, 4) is 0 Å². The van der Waals surface area contributed by atoms with Crippen LogP contribution in [0.25, 0.3) is 0 Å². The molecule has 0 saturated carbocycles. The van der Waals surface area contributed by atoms with Crippen molar-refractivity contribution in [2.45, 2.75) is 19.4 Å². The summed E-state index contributed by atoms with van der Waals surface area (Å²) in [6.45, 7) is 1.69. The third-order valence-corrected chi connectivity index (χ3v) is 3.49. The van der Waals surface area contributed by atoms with Crippen LogP contribution >= 0.6 is 11.6 Å². The standard InChI is InChI=1S/C13H15ClFNO2/c14-11-3-4-12(15)10(6-11)8-16-5-1-2-9(7-16)13(17)18/h3-4,6,9H,1-2,5,7-8H2,(H,17,18). The van der Waals surface area contributed by atoms with Gasteiger partial charge in [-0.3, -0.25) is 9.69 Å². The molecule has 1 heterocycles. The van der Waals surface area contributed by atoms with Gasteiger partial charge in [-0.05, 0) is 37.6 Å². The highest BCUT2D eigenvalue weighted by atomic mass is 35.5. The molecule has 1 unspecified atom stereocenters. The van der Waals surface area contributed by atoms with E-state index in [9.17, 15) is 9.18 Å². The van der Waals surface area contributed by atoms with E-state index in [1.54, 1.807) is 6.07 Å². The van der Waals surface area contributed by atoms with Crippen LogP contribution in [0.2, 0.25) is 5.02 Å². The zero-order valence-corrected chi connectivity index (χ0v) is 10.7. The van der Waals surface area contributed by atoms with E-state index in [1.807, 2.05) is 4.90 Å². The summed E-state index contributed by atoms with van der Waals surface area (Å²) < 4.78 is 13.6. The van der Waals surface area contributed by atoms with Crippen molar-refractivity contribution < 1.29 is 14.3 Å². The Bertz CT molecular complexity index is 453. The monoisotopic (exact) mass is 271 g/mol. The van der Waals surface area contributed by atoms with E-state index in [2.05, 4.69) is 0 Å². The molecule has 1 aromatic rings. The van der Waals surface area contributed by atoms with Crippen LogP contribution in [0.4, 0.5) is 4.39 Å². The summed E-state index contributed by atoms with van der Waals surface area (Å²) in [4.78, 5) is 12.9. The first-order valence-corrected chi connectivity index (χ1v) is 6.33. The number of likely N-dealkylation sites (tertiary alicyclic amines) is 1. The molecule has 1 aliphatic heterocycles. The number of halogens is 2. The van der Waals surface area contributed by atoms with Gasteiger partial charge in [0, 0.05) is 23.7 Å². The van der Waals surface area contributed by atoms with Crippen LogP contribution in [0, 0.1) is 11.7 Å². The number of carboxylic acids is 1. The molecule has 1 N–H and O–H groups in total. The van der Waals surface area contributed by atoms with Crippen LogP contribution in [0.5, 0.6) is 0 Å².